The molecular weight excluding hydrogens is 260 g/mol. The van der Waals surface area contributed by atoms with E-state index in [4.69, 9.17) is 40.5 Å². The minimum atomic E-state index is -0.768. The maximum atomic E-state index is 10.3. The number of nitrogens with one attached hydrogen (secondary N) is 1. The Morgan fingerprint density at radius 1 is 1.40 bits per heavy atom. The maximum Gasteiger partial charge on any atom is 0.332 e. The molecule has 0 saturated heterocycles. The van der Waals surface area contributed by atoms with Gasteiger partial charge in [-0.2, -0.15) is 5.10 Å². The number of halogens is 3. The van der Waals surface area contributed by atoms with Crippen LogP contribution < -0.4 is 11.2 Å². The minimum absolute atomic E-state index is 0.302. The van der Waals surface area contributed by atoms with Crippen LogP contribution in [0.15, 0.2) is 17.2 Å². The predicted molar refractivity (Wildman–Crippen MR) is 61.8 cm³/mol. The lowest BCUT2D eigenvalue weighted by atomic mass is 10.2. The van der Waals surface area contributed by atoms with Crippen molar-refractivity contribution in [3.05, 3.63) is 32.8 Å². The number of primary amides is 1. The molecule has 0 radical (unpaired) electrons. The lowest BCUT2D eigenvalue weighted by Gasteiger charge is -2.01. The number of hydrogen-bond acceptors (Lipinski definition) is 2. The number of nitrogens with zero attached hydrogens (tertiary/aromatic N) is 1. The van der Waals surface area contributed by atoms with Gasteiger partial charge in [-0.25, -0.2) is 10.2 Å². The summed E-state index contributed by atoms with van der Waals surface area (Å²) in [5.74, 6) is 0. The van der Waals surface area contributed by atoms with Gasteiger partial charge < -0.3 is 5.73 Å². The van der Waals surface area contributed by atoms with Gasteiger partial charge in [-0.3, -0.25) is 0 Å². The number of rotatable bonds is 2. The zero-order valence-corrected chi connectivity index (χ0v) is 9.57. The van der Waals surface area contributed by atoms with Crippen molar-refractivity contribution in [3.63, 3.8) is 0 Å². The van der Waals surface area contributed by atoms with Gasteiger partial charge in [0, 0.05) is 10.6 Å². The van der Waals surface area contributed by atoms with Crippen LogP contribution in [-0.4, -0.2) is 12.2 Å². The molecule has 4 nitrogen and oxygen atoms in total. The smallest absolute Gasteiger partial charge is 0.332 e. The number of carbonyl (C=O) groups is 1. The monoisotopic (exact) mass is 265 g/mol. The number of hydrogen-bond donors (Lipinski definition) is 2. The van der Waals surface area contributed by atoms with Crippen molar-refractivity contribution in [1.82, 2.24) is 5.43 Å². The molecule has 0 aromatic heterocycles. The van der Waals surface area contributed by atoms with Crippen LogP contribution in [0.2, 0.25) is 15.1 Å². The number of amides is 2. The molecule has 0 saturated carbocycles. The fourth-order valence-corrected chi connectivity index (χ4v) is 1.50. The molecule has 0 heterocycles. The van der Waals surface area contributed by atoms with E-state index in [1.165, 1.54) is 12.3 Å². The van der Waals surface area contributed by atoms with Crippen molar-refractivity contribution in [3.8, 4) is 0 Å². The molecule has 0 aliphatic heterocycles. The first kappa shape index (κ1) is 12.1. The summed E-state index contributed by atoms with van der Waals surface area (Å²) in [6.45, 7) is 0. The minimum Gasteiger partial charge on any atom is -0.350 e. The Labute approximate surface area is 101 Å². The summed E-state index contributed by atoms with van der Waals surface area (Å²) >= 11 is 17.4. The largest absolute Gasteiger partial charge is 0.350 e. The molecule has 0 spiro atoms. The second kappa shape index (κ2) is 5.21. The third-order valence-electron chi connectivity index (χ3n) is 1.40. The Morgan fingerprint density at radius 2 is 2.07 bits per heavy atom. The maximum absolute atomic E-state index is 10.3. The molecule has 1 aromatic carbocycles. The van der Waals surface area contributed by atoms with Crippen molar-refractivity contribution in [2.75, 3.05) is 0 Å². The summed E-state index contributed by atoms with van der Waals surface area (Å²) in [7, 11) is 0. The average molecular weight is 267 g/mol. The van der Waals surface area contributed by atoms with Crippen LogP contribution in [0, 0.1) is 0 Å². The lowest BCUT2D eigenvalue weighted by Crippen LogP contribution is -2.24. The molecule has 80 valence electrons. The molecule has 0 atom stereocenters. The third-order valence-corrected chi connectivity index (χ3v) is 2.43. The first-order valence-corrected chi connectivity index (χ1v) is 4.87. The van der Waals surface area contributed by atoms with Crippen LogP contribution in [0.3, 0.4) is 0 Å². The molecule has 2 amide bonds. The van der Waals surface area contributed by atoms with Crippen molar-refractivity contribution >= 4 is 47.0 Å². The van der Waals surface area contributed by atoms with Crippen LogP contribution in [0.1, 0.15) is 5.56 Å². The molecule has 15 heavy (non-hydrogen) atoms. The van der Waals surface area contributed by atoms with E-state index < -0.39 is 6.03 Å². The van der Waals surface area contributed by atoms with Gasteiger partial charge in [0.2, 0.25) is 0 Å². The molecule has 0 fully saturated rings. The molecule has 7 heteroatoms. The fraction of sp³-hybridized carbons (Fsp3) is 0. The van der Waals surface area contributed by atoms with E-state index in [0.717, 1.165) is 0 Å². The van der Waals surface area contributed by atoms with Crippen LogP contribution in [0.5, 0.6) is 0 Å². The van der Waals surface area contributed by atoms with E-state index in [1.54, 1.807) is 6.07 Å². The molecule has 3 N–H and O–H groups in total. The summed E-state index contributed by atoms with van der Waals surface area (Å²) in [6, 6.07) is 2.29. The standard InChI is InChI=1S/C8H6Cl3N3O/c9-5-1-4(3-13-14-8(12)15)7(11)6(10)2-5/h1-3H,(H3,12,14,15). The second-order valence-electron chi connectivity index (χ2n) is 2.53. The Bertz CT molecular complexity index is 420. The van der Waals surface area contributed by atoms with Gasteiger partial charge in [-0.15, -0.1) is 0 Å². The van der Waals surface area contributed by atoms with E-state index in [1.807, 2.05) is 5.43 Å². The van der Waals surface area contributed by atoms with Crippen molar-refractivity contribution < 1.29 is 4.79 Å². The fourth-order valence-electron chi connectivity index (χ4n) is 0.835. The van der Waals surface area contributed by atoms with Gasteiger partial charge in [0.05, 0.1) is 16.3 Å². The summed E-state index contributed by atoms with van der Waals surface area (Å²) in [6.07, 6.45) is 1.30. The van der Waals surface area contributed by atoms with Crippen molar-refractivity contribution in [2.45, 2.75) is 0 Å². The SMILES string of the molecule is NC(=O)NN=Cc1cc(Cl)cc(Cl)c1Cl. The van der Waals surface area contributed by atoms with E-state index in [0.29, 0.717) is 20.6 Å². The number of carbonyl (C=O) groups excluding carboxylic acids is 1. The Balaban J connectivity index is 2.94. The quantitative estimate of drug-likeness (QED) is 0.482. The zero-order chi connectivity index (χ0) is 11.4. The van der Waals surface area contributed by atoms with E-state index in [2.05, 4.69) is 5.10 Å². The van der Waals surface area contributed by atoms with Crippen molar-refractivity contribution in [1.29, 1.82) is 0 Å². The normalized spacial score (nSPS) is 10.6. The van der Waals surface area contributed by atoms with Crippen LogP contribution >= 0.6 is 34.8 Å². The van der Waals surface area contributed by atoms with Crippen molar-refractivity contribution in [2.24, 2.45) is 10.8 Å². The third kappa shape index (κ3) is 3.58. The summed E-state index contributed by atoms with van der Waals surface area (Å²) < 4.78 is 0. The molecule has 1 aromatic rings. The predicted octanol–water partition coefficient (Wildman–Crippen LogP) is 2.65. The van der Waals surface area contributed by atoms with Gasteiger partial charge in [-0.1, -0.05) is 34.8 Å². The highest BCUT2D eigenvalue weighted by Crippen LogP contribution is 2.28. The van der Waals surface area contributed by atoms with Crippen LogP contribution in [0.25, 0.3) is 0 Å². The first-order valence-electron chi connectivity index (χ1n) is 3.73. The van der Waals surface area contributed by atoms with Gasteiger partial charge in [0.15, 0.2) is 0 Å². The number of urea groups is 1. The van der Waals surface area contributed by atoms with Gasteiger partial charge in [0.25, 0.3) is 0 Å². The van der Waals surface area contributed by atoms with Gasteiger partial charge in [-0.05, 0) is 12.1 Å². The highest BCUT2D eigenvalue weighted by Gasteiger charge is 2.04. The van der Waals surface area contributed by atoms with E-state index >= 15 is 0 Å². The van der Waals surface area contributed by atoms with Gasteiger partial charge in [0.1, 0.15) is 0 Å². The van der Waals surface area contributed by atoms with Gasteiger partial charge >= 0.3 is 6.03 Å². The molecule has 0 aliphatic carbocycles. The number of hydrazone groups is 1. The Kier molecular flexibility index (Phi) is 4.20. The Morgan fingerprint density at radius 3 is 2.67 bits per heavy atom. The number of benzene rings is 1. The molecule has 0 bridgehead atoms. The lowest BCUT2D eigenvalue weighted by molar-refractivity contribution is 0.249. The highest BCUT2D eigenvalue weighted by atomic mass is 35.5. The topological polar surface area (TPSA) is 67.5 Å². The molecular formula is C8H6Cl3N3O. The molecule has 0 unspecified atom stereocenters. The summed E-state index contributed by atoms with van der Waals surface area (Å²) in [4.78, 5) is 10.3. The summed E-state index contributed by atoms with van der Waals surface area (Å²) in [5.41, 5.74) is 7.32. The van der Waals surface area contributed by atoms with Crippen LogP contribution in [-0.2, 0) is 0 Å². The molecule has 1 rings (SSSR count). The average Bonchev–Trinajstić information content (AvgIpc) is 2.12. The summed E-state index contributed by atoms with van der Waals surface area (Å²) in [5, 5.41) is 4.57. The van der Waals surface area contributed by atoms with E-state index in [9.17, 15) is 4.79 Å². The molecule has 0 aliphatic rings. The van der Waals surface area contributed by atoms with Crippen LogP contribution in [0.4, 0.5) is 4.79 Å². The Hall–Kier alpha value is -0.970. The second-order valence-corrected chi connectivity index (χ2v) is 3.75. The highest BCUT2D eigenvalue weighted by molar-refractivity contribution is 6.44. The number of nitrogens with two attached hydrogens (primary N) is 1. The van der Waals surface area contributed by atoms with E-state index in [-0.39, 0.29) is 0 Å². The first-order chi connectivity index (χ1) is 7.00. The zero-order valence-electron chi connectivity index (χ0n) is 7.30.